The van der Waals surface area contributed by atoms with Crippen molar-refractivity contribution in [2.24, 2.45) is 28.1 Å². The van der Waals surface area contributed by atoms with Crippen molar-refractivity contribution >= 4 is 5.97 Å². The number of ether oxygens (including phenoxy) is 8. The highest BCUT2D eigenvalue weighted by Gasteiger charge is 2.70. The van der Waals surface area contributed by atoms with E-state index in [0.29, 0.717) is 51.4 Å². The molecule has 8 rings (SSSR count). The first-order valence-corrected chi connectivity index (χ1v) is 23.2. The van der Waals surface area contributed by atoms with Crippen LogP contribution in [-0.2, 0) is 42.7 Å². The van der Waals surface area contributed by atoms with Crippen molar-refractivity contribution in [2.75, 3.05) is 19.8 Å². The minimum Gasteiger partial charge on any atom is -0.432 e. The number of carbonyl (C=O) groups excluding carboxylic acids is 1. The number of fused-ring (bicyclic) bond motifs is 3. The molecule has 4 aliphatic heterocycles. The van der Waals surface area contributed by atoms with E-state index < -0.39 is 165 Å². The highest BCUT2D eigenvalue weighted by atomic mass is 16.8. The molecule has 378 valence electrons. The zero-order chi connectivity index (χ0) is 48.0. The highest BCUT2D eigenvalue weighted by molar-refractivity contribution is 5.77. The van der Waals surface area contributed by atoms with Crippen LogP contribution in [0.25, 0.3) is 0 Å². The summed E-state index contributed by atoms with van der Waals surface area (Å²) in [5.74, 6) is -0.750. The van der Waals surface area contributed by atoms with Gasteiger partial charge in [0, 0.05) is 0 Å². The Kier molecular flexibility index (Phi) is 14.5. The number of hydrogen-bond acceptors (Lipinski definition) is 22. The maximum absolute atomic E-state index is 14.3. The largest absolute Gasteiger partial charge is 0.432 e. The summed E-state index contributed by atoms with van der Waals surface area (Å²) in [5, 5.41) is 137. The molecule has 8 fully saturated rings. The van der Waals surface area contributed by atoms with Gasteiger partial charge in [0.2, 0.25) is 6.29 Å². The molecule has 22 heteroatoms. The summed E-state index contributed by atoms with van der Waals surface area (Å²) in [6.07, 6.45) is -27.4. The zero-order valence-electron chi connectivity index (χ0n) is 37.4. The van der Waals surface area contributed by atoms with E-state index in [0.717, 1.165) is 12.0 Å². The van der Waals surface area contributed by atoms with E-state index in [1.54, 1.807) is 0 Å². The Bertz CT molecular complexity index is 1740. The molecule has 0 aromatic carbocycles. The van der Waals surface area contributed by atoms with Crippen molar-refractivity contribution < 1.29 is 109 Å². The summed E-state index contributed by atoms with van der Waals surface area (Å²) < 4.78 is 48.4. The zero-order valence-corrected chi connectivity index (χ0v) is 37.4. The van der Waals surface area contributed by atoms with Crippen LogP contribution < -0.4 is 0 Å². The Hall–Kier alpha value is -1.59. The van der Waals surface area contributed by atoms with Crippen LogP contribution in [0.3, 0.4) is 0 Å². The van der Waals surface area contributed by atoms with Crippen LogP contribution in [0, 0.1) is 28.1 Å². The van der Waals surface area contributed by atoms with Crippen LogP contribution in [0.2, 0.25) is 0 Å². The van der Waals surface area contributed by atoms with E-state index in [-0.39, 0.29) is 17.3 Å². The normalized spacial score (nSPS) is 55.2. The van der Waals surface area contributed by atoms with Gasteiger partial charge in [-0.25, -0.2) is 0 Å². The monoisotopic (exact) mass is 950 g/mol. The van der Waals surface area contributed by atoms with Gasteiger partial charge in [-0.1, -0.05) is 19.9 Å². The molecule has 66 heavy (non-hydrogen) atoms. The van der Waals surface area contributed by atoms with Crippen molar-refractivity contribution in [1.82, 2.24) is 0 Å². The summed E-state index contributed by atoms with van der Waals surface area (Å²) in [7, 11) is 0. The van der Waals surface area contributed by atoms with Gasteiger partial charge in [0.15, 0.2) is 18.9 Å². The Morgan fingerprint density at radius 3 is 1.74 bits per heavy atom. The highest BCUT2D eigenvalue weighted by Crippen LogP contribution is 2.73. The first-order valence-electron chi connectivity index (χ1n) is 23.2. The lowest BCUT2D eigenvalue weighted by Crippen LogP contribution is -2.67. The minimum atomic E-state index is -1.92. The van der Waals surface area contributed by atoms with Gasteiger partial charge >= 0.3 is 5.97 Å². The second-order valence-electron chi connectivity index (χ2n) is 20.8. The first kappa shape index (κ1) is 50.8. The Morgan fingerprint density at radius 2 is 1.12 bits per heavy atom. The summed E-state index contributed by atoms with van der Waals surface area (Å²) in [4.78, 5) is 14.3. The van der Waals surface area contributed by atoms with Crippen LogP contribution >= 0.6 is 0 Å². The van der Waals surface area contributed by atoms with E-state index in [9.17, 15) is 71.2 Å². The second kappa shape index (κ2) is 18.9. The van der Waals surface area contributed by atoms with E-state index >= 15 is 0 Å². The molecule has 0 amide bonds. The number of rotatable bonds is 11. The molecule has 0 aromatic rings. The molecule has 4 heterocycles. The Morgan fingerprint density at radius 1 is 0.606 bits per heavy atom. The third-order valence-corrected chi connectivity index (χ3v) is 17.0. The molecule has 8 aliphatic rings. The van der Waals surface area contributed by atoms with Gasteiger partial charge < -0.3 is 104 Å². The van der Waals surface area contributed by atoms with Crippen molar-refractivity contribution in [3.8, 4) is 0 Å². The lowest BCUT2D eigenvalue weighted by Gasteiger charge is -2.64. The topological polar surface area (TPSA) is 354 Å². The maximum atomic E-state index is 14.3. The van der Waals surface area contributed by atoms with E-state index in [1.165, 1.54) is 6.92 Å². The van der Waals surface area contributed by atoms with Gasteiger partial charge in [-0.3, -0.25) is 4.79 Å². The second-order valence-corrected chi connectivity index (χ2v) is 20.8. The number of hydrogen-bond donors (Lipinski definition) is 13. The summed E-state index contributed by atoms with van der Waals surface area (Å²) in [6, 6.07) is 0. The molecule has 4 aliphatic carbocycles. The molecule has 13 N–H and O–H groups in total. The number of aliphatic hydroxyl groups is 13. The summed E-state index contributed by atoms with van der Waals surface area (Å²) in [6.45, 7) is 7.77. The molecule has 22 nitrogen and oxygen atoms in total. The number of esters is 1. The van der Waals surface area contributed by atoms with Gasteiger partial charge in [-0.05, 0) is 93.5 Å². The first-order chi connectivity index (χ1) is 31.1. The van der Waals surface area contributed by atoms with Crippen LogP contribution in [0.15, 0.2) is 12.2 Å². The van der Waals surface area contributed by atoms with Crippen molar-refractivity contribution in [3.05, 3.63) is 12.2 Å². The third kappa shape index (κ3) is 8.30. The van der Waals surface area contributed by atoms with Crippen molar-refractivity contribution in [1.29, 1.82) is 0 Å². The molecular weight excluding hydrogens is 880 g/mol. The molecule has 26 atom stereocenters. The predicted octanol–water partition coefficient (Wildman–Crippen LogP) is -4.09. The molecule has 4 saturated carbocycles. The molecular formula is C44H70O22. The van der Waals surface area contributed by atoms with E-state index in [4.69, 9.17) is 37.9 Å². The average Bonchev–Trinajstić information content (AvgIpc) is 3.48. The van der Waals surface area contributed by atoms with Gasteiger partial charge in [-0.2, -0.15) is 0 Å². The molecule has 1 spiro atoms. The fourth-order valence-corrected chi connectivity index (χ4v) is 13.4. The van der Waals surface area contributed by atoms with Crippen LogP contribution in [0.5, 0.6) is 0 Å². The molecule has 0 aromatic heterocycles. The van der Waals surface area contributed by atoms with Gasteiger partial charge in [0.1, 0.15) is 91.6 Å². The smallest absolute Gasteiger partial charge is 0.314 e. The number of aliphatic hydroxyl groups excluding tert-OH is 13. The Labute approximate surface area is 381 Å². The van der Waals surface area contributed by atoms with Crippen LogP contribution in [-0.4, -0.2) is 221 Å². The van der Waals surface area contributed by atoms with Crippen LogP contribution in [0.4, 0.5) is 0 Å². The fraction of sp³-hybridized carbons (Fsp3) is 0.932. The van der Waals surface area contributed by atoms with E-state index in [1.807, 2.05) is 6.92 Å². The lowest BCUT2D eigenvalue weighted by atomic mass is 9.41. The quantitative estimate of drug-likeness (QED) is 0.0532. The lowest BCUT2D eigenvalue weighted by molar-refractivity contribution is -0.398. The molecule has 2 bridgehead atoms. The molecule has 0 radical (unpaired) electrons. The van der Waals surface area contributed by atoms with Gasteiger partial charge in [-0.15, -0.1) is 0 Å². The number of carbonyl (C=O) groups is 1. The van der Waals surface area contributed by atoms with Crippen molar-refractivity contribution in [3.63, 3.8) is 0 Å². The van der Waals surface area contributed by atoms with Gasteiger partial charge in [0.05, 0.1) is 36.9 Å². The Balaban J connectivity index is 1.06. The molecule has 4 saturated heterocycles. The third-order valence-electron chi connectivity index (χ3n) is 17.0. The maximum Gasteiger partial charge on any atom is 0.314 e. The fourth-order valence-electron chi connectivity index (χ4n) is 13.4. The average molecular weight is 951 g/mol. The van der Waals surface area contributed by atoms with Crippen molar-refractivity contribution in [2.45, 2.75) is 207 Å². The van der Waals surface area contributed by atoms with E-state index in [2.05, 4.69) is 13.5 Å². The minimum absolute atomic E-state index is 0.0493. The summed E-state index contributed by atoms with van der Waals surface area (Å²) >= 11 is 0. The summed E-state index contributed by atoms with van der Waals surface area (Å²) in [5.41, 5.74) is -2.19. The molecule has 21 unspecified atom stereocenters. The van der Waals surface area contributed by atoms with Gasteiger partial charge in [0.25, 0.3) is 0 Å². The standard InChI is InChI=1S/C44H70O22/c1-17-12-43-10-6-22-41(3,8-5-9-42(22,4)40(58)65-38-33(57)30(54)26(50)20(14-46)61-38)23(43)7-11-44(17,16-43)66-39-35(64-36-31(55)28(52)24(48)18(2)59-36)34(27(51)21(15-47)62-39)63-37-32(56)29(53)25(49)19(13-45)60-37/h18-39,45-57H,1,5-16H2,2-4H3/t18?,19?,20?,21?,22?,23-,24?,25?,26?,27?,28?,29?,30?,31?,32?,33?,34?,35?,36?,37?,38?,39?,41+,42+,43+,44-/m0/s1. The SMILES string of the molecule is C=C1C[C@@]23CCC4[C@](C)(C(=O)OC5OC(CO)C(O)C(O)C5O)CCC[C@@]4(C)[C@@H]2CC[C@]1(OC1OC(CO)C(O)C(OC2OC(CO)C(O)C(O)C2O)C1OC1OC(C)C(O)C(O)C1O)C3. The predicted molar refractivity (Wildman–Crippen MR) is 218 cm³/mol. The van der Waals surface area contributed by atoms with Crippen LogP contribution in [0.1, 0.15) is 78.6 Å².